The third-order valence-electron chi connectivity index (χ3n) is 3.12. The fourth-order valence-corrected chi connectivity index (χ4v) is 2.23. The van der Waals surface area contributed by atoms with Crippen molar-refractivity contribution >= 4 is 5.65 Å². The molecule has 0 saturated heterocycles. The van der Waals surface area contributed by atoms with Crippen molar-refractivity contribution in [1.82, 2.24) is 24.6 Å². The van der Waals surface area contributed by atoms with E-state index in [1.165, 1.54) is 6.33 Å². The molecule has 0 fully saturated rings. The summed E-state index contributed by atoms with van der Waals surface area (Å²) in [5.74, 6) is 0.499. The van der Waals surface area contributed by atoms with E-state index < -0.39 is 0 Å². The molecule has 0 unspecified atom stereocenters. The van der Waals surface area contributed by atoms with Gasteiger partial charge in [-0.05, 0) is 24.5 Å². The summed E-state index contributed by atoms with van der Waals surface area (Å²) in [7, 11) is 0. The van der Waals surface area contributed by atoms with Gasteiger partial charge in [0.2, 0.25) is 0 Å². The highest BCUT2D eigenvalue weighted by atomic mass is 15.3. The fourth-order valence-electron chi connectivity index (χ4n) is 2.23. The summed E-state index contributed by atoms with van der Waals surface area (Å²) in [6.07, 6.45) is 5.61. The van der Waals surface area contributed by atoms with Crippen LogP contribution < -0.4 is 0 Å². The van der Waals surface area contributed by atoms with Crippen molar-refractivity contribution in [2.45, 2.75) is 20.3 Å². The Morgan fingerprint density at radius 2 is 2.14 bits per heavy atom. The van der Waals surface area contributed by atoms with E-state index in [0.29, 0.717) is 28.5 Å². The van der Waals surface area contributed by atoms with Crippen LogP contribution in [0.5, 0.6) is 0 Å². The normalized spacial score (nSPS) is 11.0. The smallest absolute Gasteiger partial charge is 0.174 e. The highest BCUT2D eigenvalue weighted by Crippen LogP contribution is 2.22. The predicted octanol–water partition coefficient (Wildman–Crippen LogP) is 2.26. The number of hydrogen-bond donors (Lipinski definition) is 0. The molecule has 3 rings (SSSR count). The molecule has 0 aliphatic heterocycles. The van der Waals surface area contributed by atoms with Crippen molar-refractivity contribution in [2.75, 3.05) is 0 Å². The zero-order chi connectivity index (χ0) is 14.8. The third-order valence-corrected chi connectivity index (χ3v) is 3.12. The molecule has 21 heavy (non-hydrogen) atoms. The minimum absolute atomic E-state index is 0.499. The number of aromatic nitrogens is 5. The summed E-state index contributed by atoms with van der Waals surface area (Å²) >= 11 is 0. The van der Waals surface area contributed by atoms with Gasteiger partial charge in [-0.25, -0.2) is 14.5 Å². The molecule has 6 nitrogen and oxygen atoms in total. The lowest BCUT2D eigenvalue weighted by atomic mass is 10.1. The van der Waals surface area contributed by atoms with E-state index in [-0.39, 0.29) is 0 Å². The first-order chi connectivity index (χ1) is 10.2. The van der Waals surface area contributed by atoms with E-state index in [1.807, 2.05) is 6.07 Å². The molecule has 0 aromatic carbocycles. The molecule has 0 bridgehead atoms. The summed E-state index contributed by atoms with van der Waals surface area (Å²) in [4.78, 5) is 12.9. The molecule has 0 radical (unpaired) electrons. The molecule has 6 heteroatoms. The van der Waals surface area contributed by atoms with Crippen molar-refractivity contribution < 1.29 is 0 Å². The van der Waals surface area contributed by atoms with Gasteiger partial charge in [0, 0.05) is 5.69 Å². The summed E-state index contributed by atoms with van der Waals surface area (Å²) < 4.78 is 1.65. The quantitative estimate of drug-likeness (QED) is 0.734. The Balaban J connectivity index is 2.20. The molecule has 104 valence electrons. The van der Waals surface area contributed by atoms with Crippen molar-refractivity contribution in [2.24, 2.45) is 5.92 Å². The van der Waals surface area contributed by atoms with Crippen LogP contribution in [0.15, 0.2) is 30.9 Å². The molecule has 3 aromatic rings. The Bertz CT molecular complexity index is 828. The van der Waals surface area contributed by atoms with Gasteiger partial charge in [0.05, 0.1) is 18.0 Å². The zero-order valence-corrected chi connectivity index (χ0v) is 11.9. The minimum atomic E-state index is 0.499. The lowest BCUT2D eigenvalue weighted by Crippen LogP contribution is -2.03. The van der Waals surface area contributed by atoms with Gasteiger partial charge in [-0.3, -0.25) is 4.98 Å². The number of rotatable bonds is 3. The monoisotopic (exact) mass is 278 g/mol. The Morgan fingerprint density at radius 1 is 1.29 bits per heavy atom. The van der Waals surface area contributed by atoms with Crippen LogP contribution in [0.4, 0.5) is 0 Å². The van der Waals surface area contributed by atoms with E-state index in [9.17, 15) is 5.26 Å². The van der Waals surface area contributed by atoms with Gasteiger partial charge in [0.25, 0.3) is 0 Å². The summed E-state index contributed by atoms with van der Waals surface area (Å²) in [6.45, 7) is 4.28. The molecule has 0 amide bonds. The van der Waals surface area contributed by atoms with Crippen molar-refractivity contribution in [3.63, 3.8) is 0 Å². The van der Waals surface area contributed by atoms with E-state index in [4.69, 9.17) is 0 Å². The Kier molecular flexibility index (Phi) is 3.32. The molecule has 0 N–H and O–H groups in total. The number of fused-ring (bicyclic) bond motifs is 1. The highest BCUT2D eigenvalue weighted by molar-refractivity contribution is 5.64. The van der Waals surface area contributed by atoms with Crippen LogP contribution >= 0.6 is 0 Å². The van der Waals surface area contributed by atoms with Gasteiger partial charge >= 0.3 is 0 Å². The van der Waals surface area contributed by atoms with Crippen LogP contribution in [-0.2, 0) is 6.42 Å². The zero-order valence-electron chi connectivity index (χ0n) is 11.9. The second kappa shape index (κ2) is 5.29. The van der Waals surface area contributed by atoms with Crippen LogP contribution in [0.25, 0.3) is 17.0 Å². The van der Waals surface area contributed by atoms with Crippen molar-refractivity contribution in [3.8, 4) is 17.5 Å². The van der Waals surface area contributed by atoms with E-state index in [1.54, 1.807) is 23.0 Å². The molecule has 3 aromatic heterocycles. The van der Waals surface area contributed by atoms with Crippen molar-refractivity contribution in [3.05, 3.63) is 42.1 Å². The minimum Gasteiger partial charge on any atom is -0.258 e. The first-order valence-electron chi connectivity index (χ1n) is 6.73. The molecule has 0 atom stereocenters. The third kappa shape index (κ3) is 2.46. The van der Waals surface area contributed by atoms with Gasteiger partial charge in [-0.2, -0.15) is 10.4 Å². The lowest BCUT2D eigenvalue weighted by molar-refractivity contribution is 0.635. The van der Waals surface area contributed by atoms with Crippen LogP contribution in [0.1, 0.15) is 25.1 Å². The maximum atomic E-state index is 9.32. The number of nitrogens with zero attached hydrogens (tertiary/aromatic N) is 6. The molecule has 3 heterocycles. The summed E-state index contributed by atoms with van der Waals surface area (Å²) in [5, 5.41) is 13.5. The molecule has 0 saturated carbocycles. The Labute approximate surface area is 122 Å². The van der Waals surface area contributed by atoms with E-state index in [2.05, 4.69) is 40.0 Å². The van der Waals surface area contributed by atoms with E-state index >= 15 is 0 Å². The largest absolute Gasteiger partial charge is 0.258 e. The van der Waals surface area contributed by atoms with Crippen molar-refractivity contribution in [1.29, 1.82) is 5.26 Å². The van der Waals surface area contributed by atoms with Crippen LogP contribution in [0, 0.1) is 17.2 Å². The Morgan fingerprint density at radius 3 is 2.90 bits per heavy atom. The standard InChI is InChI=1S/C15H14N6/c1-10(2)5-12-4-3-11(6-16)15(20-12)13-7-17-8-14-18-9-19-21(13)14/h3-4,7-10H,5H2,1-2H3. The van der Waals surface area contributed by atoms with Gasteiger partial charge < -0.3 is 0 Å². The van der Waals surface area contributed by atoms with E-state index in [0.717, 1.165) is 12.1 Å². The predicted molar refractivity (Wildman–Crippen MR) is 77.3 cm³/mol. The van der Waals surface area contributed by atoms with Crippen LogP contribution in [0.3, 0.4) is 0 Å². The molecule has 0 aliphatic rings. The molecule has 0 aliphatic carbocycles. The fraction of sp³-hybridized carbons (Fsp3) is 0.267. The maximum Gasteiger partial charge on any atom is 0.174 e. The summed E-state index contributed by atoms with van der Waals surface area (Å²) in [5.41, 5.74) is 3.36. The maximum absolute atomic E-state index is 9.32. The molecule has 0 spiro atoms. The van der Waals surface area contributed by atoms with Gasteiger partial charge in [-0.1, -0.05) is 13.8 Å². The number of pyridine rings is 1. The average molecular weight is 278 g/mol. The van der Waals surface area contributed by atoms with Crippen LogP contribution in [-0.4, -0.2) is 24.6 Å². The first-order valence-corrected chi connectivity index (χ1v) is 6.73. The molecular formula is C15H14N6. The summed E-state index contributed by atoms with van der Waals surface area (Å²) in [6, 6.07) is 5.88. The van der Waals surface area contributed by atoms with Gasteiger partial charge in [-0.15, -0.1) is 0 Å². The average Bonchev–Trinajstić information content (AvgIpc) is 2.95. The Hall–Kier alpha value is -2.81. The van der Waals surface area contributed by atoms with Crippen LogP contribution in [0.2, 0.25) is 0 Å². The second-order valence-corrected chi connectivity index (χ2v) is 5.23. The first kappa shape index (κ1) is 13.2. The lowest BCUT2D eigenvalue weighted by Gasteiger charge is -2.09. The topological polar surface area (TPSA) is 79.8 Å². The molecular weight excluding hydrogens is 264 g/mol. The number of hydrogen-bond acceptors (Lipinski definition) is 5. The van der Waals surface area contributed by atoms with Gasteiger partial charge in [0.1, 0.15) is 23.8 Å². The highest BCUT2D eigenvalue weighted by Gasteiger charge is 2.13. The number of nitriles is 1. The second-order valence-electron chi connectivity index (χ2n) is 5.23. The SMILES string of the molecule is CC(C)Cc1ccc(C#N)c(-c2cncc3ncnn23)n1. The van der Waals surface area contributed by atoms with Gasteiger partial charge in [0.15, 0.2) is 5.65 Å².